The molecule has 0 bridgehead atoms. The maximum atomic E-state index is 12.5. The highest BCUT2D eigenvalue weighted by molar-refractivity contribution is 6.32. The van der Waals surface area contributed by atoms with Crippen LogP contribution in [0, 0.1) is 0 Å². The Bertz CT molecular complexity index is 776. The third kappa shape index (κ3) is 3.96. The first-order valence-electron chi connectivity index (χ1n) is 8.40. The first-order chi connectivity index (χ1) is 12.6. The van der Waals surface area contributed by atoms with Gasteiger partial charge in [0.05, 0.1) is 24.9 Å². The Morgan fingerprint density at radius 3 is 2.35 bits per heavy atom. The number of carbonyl (C=O) groups excluding carboxylic acids is 1. The standard InChI is InChI=1S/C19H22ClN3O3/c1-25-17-8-7-14(13-15(17)20)21-19(24)23-11-9-22(10-12-23)16-5-3-4-6-18(16)26-2/h3-8,13H,9-12H2,1-2H3,(H,21,24). The summed E-state index contributed by atoms with van der Waals surface area (Å²) in [6.07, 6.45) is 0. The summed E-state index contributed by atoms with van der Waals surface area (Å²) < 4.78 is 10.5. The Labute approximate surface area is 158 Å². The van der Waals surface area contributed by atoms with Gasteiger partial charge >= 0.3 is 6.03 Å². The van der Waals surface area contributed by atoms with E-state index in [9.17, 15) is 4.79 Å². The SMILES string of the molecule is COc1ccc(NC(=O)N2CCN(c3ccccc3OC)CC2)cc1Cl. The third-order valence-corrected chi connectivity index (χ3v) is 4.69. The molecule has 0 unspecified atom stereocenters. The van der Waals surface area contributed by atoms with Crippen molar-refractivity contribution in [3.63, 3.8) is 0 Å². The Hall–Kier alpha value is -2.60. The van der Waals surface area contributed by atoms with E-state index in [1.807, 2.05) is 24.3 Å². The number of amides is 2. The smallest absolute Gasteiger partial charge is 0.321 e. The summed E-state index contributed by atoms with van der Waals surface area (Å²) in [6.45, 7) is 2.76. The number of para-hydroxylation sites is 2. The third-order valence-electron chi connectivity index (χ3n) is 4.40. The van der Waals surface area contributed by atoms with Crippen molar-refractivity contribution in [2.75, 3.05) is 50.6 Å². The molecule has 1 fully saturated rings. The lowest BCUT2D eigenvalue weighted by Crippen LogP contribution is -2.50. The summed E-state index contributed by atoms with van der Waals surface area (Å²) in [7, 11) is 3.23. The summed E-state index contributed by atoms with van der Waals surface area (Å²) in [4.78, 5) is 16.5. The zero-order valence-electron chi connectivity index (χ0n) is 14.9. The van der Waals surface area contributed by atoms with Crippen LogP contribution < -0.4 is 19.7 Å². The predicted octanol–water partition coefficient (Wildman–Crippen LogP) is 3.71. The number of piperazine rings is 1. The second-order valence-electron chi connectivity index (χ2n) is 5.93. The number of ether oxygens (including phenoxy) is 2. The molecule has 138 valence electrons. The number of rotatable bonds is 4. The van der Waals surface area contributed by atoms with Crippen LogP contribution in [0.2, 0.25) is 5.02 Å². The summed E-state index contributed by atoms with van der Waals surface area (Å²) in [5.74, 6) is 1.42. The number of carbonyl (C=O) groups is 1. The fourth-order valence-electron chi connectivity index (χ4n) is 2.99. The highest BCUT2D eigenvalue weighted by Gasteiger charge is 2.23. The number of hydrogen-bond acceptors (Lipinski definition) is 4. The molecular formula is C19H22ClN3O3. The van der Waals surface area contributed by atoms with E-state index >= 15 is 0 Å². The van der Waals surface area contributed by atoms with E-state index in [0.29, 0.717) is 29.5 Å². The molecule has 26 heavy (non-hydrogen) atoms. The molecule has 0 aromatic heterocycles. The summed E-state index contributed by atoms with van der Waals surface area (Å²) in [5.41, 5.74) is 1.70. The molecule has 0 radical (unpaired) electrons. The van der Waals surface area contributed by atoms with Gasteiger partial charge in [0, 0.05) is 31.9 Å². The maximum absolute atomic E-state index is 12.5. The quantitative estimate of drug-likeness (QED) is 0.885. The van der Waals surface area contributed by atoms with Crippen LogP contribution in [-0.4, -0.2) is 51.3 Å². The van der Waals surface area contributed by atoms with Gasteiger partial charge in [-0.1, -0.05) is 23.7 Å². The minimum atomic E-state index is -0.133. The number of benzene rings is 2. The van der Waals surface area contributed by atoms with Crippen molar-refractivity contribution in [2.45, 2.75) is 0 Å². The summed E-state index contributed by atoms with van der Waals surface area (Å²) in [5, 5.41) is 3.35. The molecule has 0 saturated carbocycles. The van der Waals surface area contributed by atoms with Crippen LogP contribution in [-0.2, 0) is 0 Å². The van der Waals surface area contributed by atoms with Gasteiger partial charge in [0.15, 0.2) is 0 Å². The van der Waals surface area contributed by atoms with E-state index in [1.165, 1.54) is 0 Å². The second-order valence-corrected chi connectivity index (χ2v) is 6.33. The average molecular weight is 376 g/mol. The second kappa shape index (κ2) is 8.19. The van der Waals surface area contributed by atoms with Gasteiger partial charge < -0.3 is 24.6 Å². The molecule has 1 saturated heterocycles. The van der Waals surface area contributed by atoms with Crippen molar-refractivity contribution in [1.29, 1.82) is 0 Å². The number of halogens is 1. The van der Waals surface area contributed by atoms with Gasteiger partial charge in [0.1, 0.15) is 11.5 Å². The molecule has 1 N–H and O–H groups in total. The number of urea groups is 1. The van der Waals surface area contributed by atoms with Crippen molar-refractivity contribution in [3.05, 3.63) is 47.5 Å². The predicted molar refractivity (Wildman–Crippen MR) is 104 cm³/mol. The number of nitrogens with zero attached hydrogens (tertiary/aromatic N) is 2. The maximum Gasteiger partial charge on any atom is 0.321 e. The Balaban J connectivity index is 1.59. The molecule has 2 amide bonds. The van der Waals surface area contributed by atoms with Gasteiger partial charge in [0.2, 0.25) is 0 Å². The van der Waals surface area contributed by atoms with Gasteiger partial charge in [-0.05, 0) is 30.3 Å². The van der Waals surface area contributed by atoms with Crippen molar-refractivity contribution in [3.8, 4) is 11.5 Å². The minimum absolute atomic E-state index is 0.133. The lowest BCUT2D eigenvalue weighted by molar-refractivity contribution is 0.208. The minimum Gasteiger partial charge on any atom is -0.495 e. The van der Waals surface area contributed by atoms with Crippen LogP contribution in [0.25, 0.3) is 0 Å². The topological polar surface area (TPSA) is 54.0 Å². The molecule has 3 rings (SSSR count). The molecule has 0 atom stereocenters. The molecule has 0 aliphatic carbocycles. The van der Waals surface area contributed by atoms with Crippen LogP contribution in [0.15, 0.2) is 42.5 Å². The average Bonchev–Trinajstić information content (AvgIpc) is 2.68. The van der Waals surface area contributed by atoms with E-state index in [2.05, 4.69) is 10.2 Å². The zero-order chi connectivity index (χ0) is 18.5. The molecular weight excluding hydrogens is 354 g/mol. The van der Waals surface area contributed by atoms with Crippen molar-refractivity contribution < 1.29 is 14.3 Å². The first-order valence-corrected chi connectivity index (χ1v) is 8.77. The van der Waals surface area contributed by atoms with Gasteiger partial charge in [0.25, 0.3) is 0 Å². The first kappa shape index (κ1) is 18.2. The van der Waals surface area contributed by atoms with Crippen molar-refractivity contribution >= 4 is 29.0 Å². The van der Waals surface area contributed by atoms with Crippen LogP contribution in [0.3, 0.4) is 0 Å². The highest BCUT2D eigenvalue weighted by atomic mass is 35.5. The van der Waals surface area contributed by atoms with Crippen molar-refractivity contribution in [1.82, 2.24) is 4.90 Å². The van der Waals surface area contributed by atoms with Gasteiger partial charge in [-0.3, -0.25) is 0 Å². The molecule has 0 spiro atoms. The van der Waals surface area contributed by atoms with Crippen molar-refractivity contribution in [2.24, 2.45) is 0 Å². The van der Waals surface area contributed by atoms with E-state index in [4.69, 9.17) is 21.1 Å². The number of methoxy groups -OCH3 is 2. The largest absolute Gasteiger partial charge is 0.495 e. The Kier molecular flexibility index (Phi) is 5.73. The van der Waals surface area contributed by atoms with Crippen LogP contribution in [0.4, 0.5) is 16.2 Å². The normalized spacial score (nSPS) is 14.1. The molecule has 1 aliphatic heterocycles. The highest BCUT2D eigenvalue weighted by Crippen LogP contribution is 2.29. The summed E-state index contributed by atoms with van der Waals surface area (Å²) in [6, 6.07) is 13.0. The molecule has 2 aromatic carbocycles. The molecule has 1 heterocycles. The van der Waals surface area contributed by atoms with E-state index in [0.717, 1.165) is 24.5 Å². The van der Waals surface area contributed by atoms with Gasteiger partial charge in [-0.2, -0.15) is 0 Å². The number of anilines is 2. The monoisotopic (exact) mass is 375 g/mol. The number of hydrogen-bond donors (Lipinski definition) is 1. The molecule has 2 aromatic rings. The summed E-state index contributed by atoms with van der Waals surface area (Å²) >= 11 is 6.11. The zero-order valence-corrected chi connectivity index (χ0v) is 15.6. The number of nitrogens with one attached hydrogen (secondary N) is 1. The fraction of sp³-hybridized carbons (Fsp3) is 0.316. The molecule has 6 nitrogen and oxygen atoms in total. The van der Waals surface area contributed by atoms with Gasteiger partial charge in [-0.15, -0.1) is 0 Å². The lowest BCUT2D eigenvalue weighted by Gasteiger charge is -2.36. The van der Waals surface area contributed by atoms with E-state index < -0.39 is 0 Å². The Morgan fingerprint density at radius 2 is 1.69 bits per heavy atom. The van der Waals surface area contributed by atoms with Gasteiger partial charge in [-0.25, -0.2) is 4.79 Å². The van der Waals surface area contributed by atoms with Crippen LogP contribution >= 0.6 is 11.6 Å². The van der Waals surface area contributed by atoms with Crippen LogP contribution in [0.5, 0.6) is 11.5 Å². The lowest BCUT2D eigenvalue weighted by atomic mass is 10.2. The molecule has 1 aliphatic rings. The Morgan fingerprint density at radius 1 is 1.00 bits per heavy atom. The fourth-order valence-corrected chi connectivity index (χ4v) is 3.25. The van der Waals surface area contributed by atoms with E-state index in [-0.39, 0.29) is 6.03 Å². The van der Waals surface area contributed by atoms with E-state index in [1.54, 1.807) is 37.3 Å². The van der Waals surface area contributed by atoms with Crippen LogP contribution in [0.1, 0.15) is 0 Å². The molecule has 7 heteroatoms.